The van der Waals surface area contributed by atoms with Gasteiger partial charge in [0.15, 0.2) is 11.6 Å². The summed E-state index contributed by atoms with van der Waals surface area (Å²) in [7, 11) is 0. The molecule has 3 rings (SSSR count). The van der Waals surface area contributed by atoms with E-state index in [1.807, 2.05) is 30.3 Å². The molecular formula is C17H16N4O3. The molecule has 0 aliphatic carbocycles. The van der Waals surface area contributed by atoms with Gasteiger partial charge in [0.05, 0.1) is 18.3 Å². The van der Waals surface area contributed by atoms with Gasteiger partial charge in [-0.15, -0.1) is 0 Å². The molecule has 0 fully saturated rings. The second-order valence-corrected chi connectivity index (χ2v) is 5.05. The van der Waals surface area contributed by atoms with Gasteiger partial charge in [-0.3, -0.25) is 4.79 Å². The van der Waals surface area contributed by atoms with Gasteiger partial charge >= 0.3 is 5.97 Å². The fourth-order valence-electron chi connectivity index (χ4n) is 2.43. The van der Waals surface area contributed by atoms with E-state index in [9.17, 15) is 9.59 Å². The summed E-state index contributed by atoms with van der Waals surface area (Å²) in [4.78, 5) is 28.3. The number of nitrogens with one attached hydrogen (secondary N) is 1. The Hall–Kier alpha value is -3.22. The highest BCUT2D eigenvalue weighted by molar-refractivity contribution is 6.05. The Balaban J connectivity index is 2.29. The molecule has 3 aromatic rings. The molecule has 0 unspecified atom stereocenters. The summed E-state index contributed by atoms with van der Waals surface area (Å²) in [5.41, 5.74) is 1.52. The van der Waals surface area contributed by atoms with Crippen LogP contribution in [0.5, 0.6) is 0 Å². The number of hydrogen-bond donors (Lipinski definition) is 1. The summed E-state index contributed by atoms with van der Waals surface area (Å²) in [6.45, 7) is 3.30. The molecule has 0 spiro atoms. The molecule has 7 heteroatoms. The maximum atomic E-state index is 12.4. The van der Waals surface area contributed by atoms with E-state index in [4.69, 9.17) is 4.74 Å². The minimum atomic E-state index is -0.557. The van der Waals surface area contributed by atoms with Crippen LogP contribution in [0.4, 0.5) is 5.82 Å². The fraction of sp³-hybridized carbons (Fsp3) is 0.176. The third-order valence-corrected chi connectivity index (χ3v) is 3.36. The Kier molecular flexibility index (Phi) is 4.24. The summed E-state index contributed by atoms with van der Waals surface area (Å²) < 4.78 is 6.66. The zero-order chi connectivity index (χ0) is 17.1. The van der Waals surface area contributed by atoms with E-state index in [0.717, 1.165) is 5.56 Å². The third kappa shape index (κ3) is 2.83. The van der Waals surface area contributed by atoms with Gasteiger partial charge in [0.1, 0.15) is 5.56 Å². The number of ether oxygens (including phenoxy) is 1. The summed E-state index contributed by atoms with van der Waals surface area (Å²) in [5, 5.41) is 6.86. The number of aromatic nitrogens is 3. The van der Waals surface area contributed by atoms with E-state index in [1.54, 1.807) is 23.7 Å². The number of esters is 1. The summed E-state index contributed by atoms with van der Waals surface area (Å²) in [6.07, 6.45) is 1.57. The fourth-order valence-corrected chi connectivity index (χ4v) is 2.43. The van der Waals surface area contributed by atoms with Gasteiger partial charge < -0.3 is 10.1 Å². The summed E-state index contributed by atoms with van der Waals surface area (Å²) in [5.74, 6) is -0.199. The SMILES string of the molecule is CCOC(=O)c1c(NC(C)=O)nc(-c2ccccc2)n2nccc12. The molecule has 24 heavy (non-hydrogen) atoms. The Morgan fingerprint density at radius 1 is 1.21 bits per heavy atom. The topological polar surface area (TPSA) is 85.6 Å². The average Bonchev–Trinajstić information content (AvgIpc) is 3.03. The highest BCUT2D eigenvalue weighted by atomic mass is 16.5. The molecule has 0 bridgehead atoms. The van der Waals surface area contributed by atoms with E-state index in [-0.39, 0.29) is 23.9 Å². The lowest BCUT2D eigenvalue weighted by molar-refractivity contribution is -0.114. The molecule has 122 valence electrons. The number of rotatable bonds is 4. The van der Waals surface area contributed by atoms with Gasteiger partial charge in [0.25, 0.3) is 0 Å². The maximum Gasteiger partial charge on any atom is 0.344 e. The predicted octanol–water partition coefficient (Wildman–Crippen LogP) is 2.53. The standard InChI is InChI=1S/C17H16N4O3/c1-3-24-17(23)14-13-9-10-18-21(13)16(12-7-5-4-6-8-12)20-15(14)19-11(2)22/h4-10H,3H2,1-2H3,(H,19,22). The van der Waals surface area contributed by atoms with Gasteiger partial charge in [-0.05, 0) is 13.0 Å². The number of nitrogens with zero attached hydrogens (tertiary/aromatic N) is 3. The zero-order valence-corrected chi connectivity index (χ0v) is 13.3. The second-order valence-electron chi connectivity index (χ2n) is 5.05. The molecule has 1 aromatic carbocycles. The largest absolute Gasteiger partial charge is 0.462 e. The first kappa shape index (κ1) is 15.7. The first-order chi connectivity index (χ1) is 11.6. The quantitative estimate of drug-likeness (QED) is 0.745. The molecule has 1 N–H and O–H groups in total. The van der Waals surface area contributed by atoms with E-state index >= 15 is 0 Å². The van der Waals surface area contributed by atoms with Crippen LogP contribution in [0.3, 0.4) is 0 Å². The van der Waals surface area contributed by atoms with E-state index in [2.05, 4.69) is 15.4 Å². The Bertz CT molecular complexity index is 903. The van der Waals surface area contributed by atoms with Crippen LogP contribution in [-0.4, -0.2) is 33.1 Å². The van der Waals surface area contributed by atoms with Crippen LogP contribution in [0.1, 0.15) is 24.2 Å². The Morgan fingerprint density at radius 2 is 1.96 bits per heavy atom. The zero-order valence-electron chi connectivity index (χ0n) is 13.3. The van der Waals surface area contributed by atoms with Crippen LogP contribution in [0.2, 0.25) is 0 Å². The summed E-state index contributed by atoms with van der Waals surface area (Å²) in [6, 6.07) is 11.1. The maximum absolute atomic E-state index is 12.4. The summed E-state index contributed by atoms with van der Waals surface area (Å²) >= 11 is 0. The van der Waals surface area contributed by atoms with Crippen LogP contribution in [-0.2, 0) is 9.53 Å². The van der Waals surface area contributed by atoms with Crippen LogP contribution >= 0.6 is 0 Å². The lowest BCUT2D eigenvalue weighted by Gasteiger charge is -2.13. The number of fused-ring (bicyclic) bond motifs is 1. The van der Waals surface area contributed by atoms with Crippen molar-refractivity contribution in [3.8, 4) is 11.4 Å². The molecule has 0 atom stereocenters. The normalized spacial score (nSPS) is 10.6. The van der Waals surface area contributed by atoms with Gasteiger partial charge in [-0.25, -0.2) is 14.3 Å². The van der Waals surface area contributed by atoms with E-state index < -0.39 is 5.97 Å². The predicted molar refractivity (Wildman–Crippen MR) is 88.7 cm³/mol. The van der Waals surface area contributed by atoms with Crippen LogP contribution in [0.15, 0.2) is 42.6 Å². The van der Waals surface area contributed by atoms with Crippen molar-refractivity contribution in [2.75, 3.05) is 11.9 Å². The number of amides is 1. The van der Waals surface area contributed by atoms with Crippen molar-refractivity contribution in [1.82, 2.24) is 14.6 Å². The molecule has 2 heterocycles. The first-order valence-corrected chi connectivity index (χ1v) is 7.49. The lowest BCUT2D eigenvalue weighted by atomic mass is 10.2. The molecule has 0 saturated carbocycles. The lowest BCUT2D eigenvalue weighted by Crippen LogP contribution is -2.17. The molecule has 0 aliphatic rings. The van der Waals surface area contributed by atoms with Gasteiger partial charge in [0, 0.05) is 12.5 Å². The van der Waals surface area contributed by atoms with Crippen molar-refractivity contribution < 1.29 is 14.3 Å². The first-order valence-electron chi connectivity index (χ1n) is 7.49. The highest BCUT2D eigenvalue weighted by Gasteiger charge is 2.23. The van der Waals surface area contributed by atoms with Crippen molar-refractivity contribution >= 4 is 23.2 Å². The smallest absolute Gasteiger partial charge is 0.344 e. The average molecular weight is 324 g/mol. The highest BCUT2D eigenvalue weighted by Crippen LogP contribution is 2.26. The minimum Gasteiger partial charge on any atom is -0.462 e. The van der Waals surface area contributed by atoms with Crippen LogP contribution in [0, 0.1) is 0 Å². The molecule has 0 saturated heterocycles. The van der Waals surface area contributed by atoms with Crippen LogP contribution in [0.25, 0.3) is 16.9 Å². The molecular weight excluding hydrogens is 308 g/mol. The van der Waals surface area contributed by atoms with E-state index in [0.29, 0.717) is 11.3 Å². The van der Waals surface area contributed by atoms with Gasteiger partial charge in [0.2, 0.25) is 5.91 Å². The minimum absolute atomic E-state index is 0.160. The number of carbonyl (C=O) groups is 2. The Morgan fingerprint density at radius 3 is 2.62 bits per heavy atom. The molecule has 1 amide bonds. The van der Waals surface area contributed by atoms with Crippen molar-refractivity contribution in [3.05, 3.63) is 48.2 Å². The van der Waals surface area contributed by atoms with Crippen molar-refractivity contribution in [3.63, 3.8) is 0 Å². The molecule has 7 nitrogen and oxygen atoms in total. The second kappa shape index (κ2) is 6.49. The van der Waals surface area contributed by atoms with Crippen molar-refractivity contribution in [2.24, 2.45) is 0 Å². The number of anilines is 1. The van der Waals surface area contributed by atoms with Crippen molar-refractivity contribution in [2.45, 2.75) is 13.8 Å². The van der Waals surface area contributed by atoms with Gasteiger partial charge in [-0.2, -0.15) is 5.10 Å². The monoisotopic (exact) mass is 324 g/mol. The van der Waals surface area contributed by atoms with Crippen LogP contribution < -0.4 is 5.32 Å². The number of benzene rings is 1. The van der Waals surface area contributed by atoms with Gasteiger partial charge in [-0.1, -0.05) is 30.3 Å². The number of carbonyl (C=O) groups excluding carboxylic acids is 2. The molecule has 2 aromatic heterocycles. The molecule has 0 radical (unpaired) electrons. The molecule has 0 aliphatic heterocycles. The van der Waals surface area contributed by atoms with Crippen molar-refractivity contribution in [1.29, 1.82) is 0 Å². The van der Waals surface area contributed by atoms with E-state index in [1.165, 1.54) is 6.92 Å². The third-order valence-electron chi connectivity index (χ3n) is 3.36. The number of hydrogen-bond acceptors (Lipinski definition) is 5. The Labute approximate surface area is 138 Å².